The number of nitrogens with zero attached hydrogens (tertiary/aromatic N) is 2. The van der Waals surface area contributed by atoms with Crippen LogP contribution in [0.1, 0.15) is 54.3 Å². The highest BCUT2D eigenvalue weighted by atomic mass is 15.0. The molecular formula is C24H31N3. The molecule has 3 nitrogen and oxygen atoms in total. The Balaban J connectivity index is 1.36. The van der Waals surface area contributed by atoms with Crippen LogP contribution >= 0.6 is 0 Å². The zero-order valence-corrected chi connectivity index (χ0v) is 16.7. The first kappa shape index (κ1) is 18.2. The van der Waals surface area contributed by atoms with Crippen molar-refractivity contribution < 1.29 is 0 Å². The van der Waals surface area contributed by atoms with E-state index in [4.69, 9.17) is 0 Å². The average molecular weight is 362 g/mol. The van der Waals surface area contributed by atoms with Crippen LogP contribution in [0, 0.1) is 0 Å². The van der Waals surface area contributed by atoms with Crippen LogP contribution in [0.5, 0.6) is 0 Å². The number of fused-ring (bicyclic) bond motifs is 2. The van der Waals surface area contributed by atoms with E-state index in [9.17, 15) is 0 Å². The minimum absolute atomic E-state index is 0.947. The van der Waals surface area contributed by atoms with Gasteiger partial charge in [0.2, 0.25) is 0 Å². The van der Waals surface area contributed by atoms with Crippen LogP contribution in [0.15, 0.2) is 36.5 Å². The van der Waals surface area contributed by atoms with Crippen molar-refractivity contribution in [3.8, 4) is 0 Å². The Morgan fingerprint density at radius 1 is 1.11 bits per heavy atom. The van der Waals surface area contributed by atoms with Gasteiger partial charge in [0, 0.05) is 42.1 Å². The predicted molar refractivity (Wildman–Crippen MR) is 113 cm³/mol. The normalized spacial score (nSPS) is 13.9. The predicted octanol–water partition coefficient (Wildman–Crippen LogP) is 4.74. The quantitative estimate of drug-likeness (QED) is 0.616. The molecule has 0 fully saturated rings. The number of aryl methyl sites for hydroxylation is 4. The van der Waals surface area contributed by atoms with Gasteiger partial charge < -0.3 is 9.88 Å². The Labute approximate surface area is 162 Å². The van der Waals surface area contributed by atoms with Gasteiger partial charge in [-0.05, 0) is 80.3 Å². The van der Waals surface area contributed by atoms with Gasteiger partial charge in [-0.3, -0.25) is 4.98 Å². The molecule has 1 aliphatic carbocycles. The summed E-state index contributed by atoms with van der Waals surface area (Å²) in [6.07, 6.45) is 10.5. The van der Waals surface area contributed by atoms with E-state index in [1.54, 1.807) is 5.56 Å². The zero-order chi connectivity index (χ0) is 18.6. The topological polar surface area (TPSA) is 29.9 Å². The van der Waals surface area contributed by atoms with Crippen molar-refractivity contribution in [1.82, 2.24) is 14.9 Å². The number of nitrogens with one attached hydrogen (secondary N) is 1. The Morgan fingerprint density at radius 2 is 1.96 bits per heavy atom. The summed E-state index contributed by atoms with van der Waals surface area (Å²) in [7, 11) is 2.20. The maximum Gasteiger partial charge on any atom is 0.0483 e. The molecule has 0 amide bonds. The van der Waals surface area contributed by atoms with Crippen molar-refractivity contribution in [1.29, 1.82) is 0 Å². The van der Waals surface area contributed by atoms with E-state index < -0.39 is 0 Å². The molecule has 0 spiro atoms. The average Bonchev–Trinajstić information content (AvgIpc) is 2.99. The first-order chi connectivity index (χ1) is 13.3. The number of hydrogen-bond acceptors (Lipinski definition) is 2. The minimum Gasteiger partial charge on any atom is -0.346 e. The van der Waals surface area contributed by atoms with Crippen molar-refractivity contribution in [2.75, 3.05) is 6.54 Å². The van der Waals surface area contributed by atoms with E-state index in [1.165, 1.54) is 65.5 Å². The molecule has 0 bridgehead atoms. The summed E-state index contributed by atoms with van der Waals surface area (Å²) in [6, 6.07) is 11.0. The lowest BCUT2D eigenvalue weighted by Gasteiger charge is -2.18. The molecule has 1 aromatic carbocycles. The van der Waals surface area contributed by atoms with E-state index >= 15 is 0 Å². The van der Waals surface area contributed by atoms with Gasteiger partial charge in [-0.15, -0.1) is 0 Å². The van der Waals surface area contributed by atoms with Gasteiger partial charge >= 0.3 is 0 Å². The molecule has 0 radical (unpaired) electrons. The third-order valence-electron chi connectivity index (χ3n) is 6.12. The van der Waals surface area contributed by atoms with Gasteiger partial charge in [-0.2, -0.15) is 0 Å². The van der Waals surface area contributed by atoms with Crippen LogP contribution in [0.2, 0.25) is 0 Å². The second-order valence-corrected chi connectivity index (χ2v) is 7.74. The summed E-state index contributed by atoms with van der Waals surface area (Å²) in [5, 5.41) is 5.10. The van der Waals surface area contributed by atoms with Crippen molar-refractivity contribution >= 4 is 10.9 Å². The lowest BCUT2D eigenvalue weighted by Crippen LogP contribution is -2.18. The molecule has 3 aromatic rings. The highest BCUT2D eigenvalue weighted by molar-refractivity contribution is 5.85. The van der Waals surface area contributed by atoms with Gasteiger partial charge in [0.25, 0.3) is 0 Å². The summed E-state index contributed by atoms with van der Waals surface area (Å²) < 4.78 is 2.36. The Kier molecular flexibility index (Phi) is 5.58. The molecule has 1 N–H and O–H groups in total. The van der Waals surface area contributed by atoms with Crippen LogP contribution in [-0.4, -0.2) is 16.1 Å². The van der Waals surface area contributed by atoms with Crippen molar-refractivity contribution in [2.45, 2.75) is 58.4 Å². The fourth-order valence-electron chi connectivity index (χ4n) is 4.68. The summed E-state index contributed by atoms with van der Waals surface area (Å²) >= 11 is 0. The number of benzene rings is 1. The van der Waals surface area contributed by atoms with Gasteiger partial charge in [0.05, 0.1) is 0 Å². The second kappa shape index (κ2) is 8.26. The number of aromatic nitrogens is 2. The van der Waals surface area contributed by atoms with Crippen LogP contribution in [0.25, 0.3) is 10.9 Å². The van der Waals surface area contributed by atoms with E-state index in [-0.39, 0.29) is 0 Å². The fraction of sp³-hybridized carbons (Fsp3) is 0.458. The van der Waals surface area contributed by atoms with E-state index in [0.29, 0.717) is 0 Å². The van der Waals surface area contributed by atoms with Gasteiger partial charge in [0.1, 0.15) is 0 Å². The first-order valence-electron chi connectivity index (χ1n) is 10.5. The van der Waals surface area contributed by atoms with E-state index in [1.807, 2.05) is 6.20 Å². The summed E-state index contributed by atoms with van der Waals surface area (Å²) in [5.74, 6) is 0. The molecule has 0 atom stereocenters. The van der Waals surface area contributed by atoms with Crippen LogP contribution in [0.3, 0.4) is 0 Å². The molecule has 0 saturated carbocycles. The highest BCUT2D eigenvalue weighted by Gasteiger charge is 2.14. The second-order valence-electron chi connectivity index (χ2n) is 7.74. The fourth-order valence-corrected chi connectivity index (χ4v) is 4.68. The molecule has 3 heteroatoms. The number of hydrogen-bond donors (Lipinski definition) is 1. The van der Waals surface area contributed by atoms with E-state index in [0.717, 1.165) is 25.9 Å². The van der Waals surface area contributed by atoms with Crippen LogP contribution in [0.4, 0.5) is 0 Å². The smallest absolute Gasteiger partial charge is 0.0483 e. The van der Waals surface area contributed by atoms with Gasteiger partial charge in [-0.1, -0.05) is 25.1 Å². The SMILES string of the molecule is CCc1c(CNCCCc2ccnc3c2CCCC3)n(C)c2ccccc12. The standard InChI is InChI=1S/C24H31N3/c1-3-19-21-11-5-7-13-23(21)27(2)24(19)17-25-15-8-9-18-14-16-26-22-12-6-4-10-20(18)22/h5,7,11,13-14,16,25H,3-4,6,8-10,12,15,17H2,1-2H3. The van der Waals surface area contributed by atoms with Crippen LogP contribution < -0.4 is 5.32 Å². The lowest BCUT2D eigenvalue weighted by atomic mass is 9.91. The summed E-state index contributed by atoms with van der Waals surface area (Å²) in [5.41, 5.74) is 8.69. The number of rotatable bonds is 7. The van der Waals surface area contributed by atoms with Crippen molar-refractivity contribution in [3.05, 3.63) is 64.6 Å². The lowest BCUT2D eigenvalue weighted by molar-refractivity contribution is 0.616. The largest absolute Gasteiger partial charge is 0.346 e. The van der Waals surface area contributed by atoms with Crippen LogP contribution in [-0.2, 0) is 39.3 Å². The monoisotopic (exact) mass is 361 g/mol. The molecule has 27 heavy (non-hydrogen) atoms. The highest BCUT2D eigenvalue weighted by Crippen LogP contribution is 2.26. The summed E-state index contributed by atoms with van der Waals surface area (Å²) in [4.78, 5) is 4.60. The maximum absolute atomic E-state index is 4.60. The van der Waals surface area contributed by atoms with Gasteiger partial charge in [-0.25, -0.2) is 0 Å². The molecule has 0 unspecified atom stereocenters. The van der Waals surface area contributed by atoms with Crippen molar-refractivity contribution in [2.24, 2.45) is 7.05 Å². The minimum atomic E-state index is 0.947. The number of para-hydroxylation sites is 1. The molecule has 2 aromatic heterocycles. The van der Waals surface area contributed by atoms with E-state index in [2.05, 4.69) is 59.2 Å². The van der Waals surface area contributed by atoms with Crippen molar-refractivity contribution in [3.63, 3.8) is 0 Å². The molecule has 2 heterocycles. The Hall–Kier alpha value is -2.13. The maximum atomic E-state index is 4.60. The molecule has 0 aliphatic heterocycles. The summed E-state index contributed by atoms with van der Waals surface area (Å²) in [6.45, 7) is 4.27. The molecule has 1 aliphatic rings. The zero-order valence-electron chi connectivity index (χ0n) is 16.7. The first-order valence-corrected chi connectivity index (χ1v) is 10.5. The molecule has 0 saturated heterocycles. The molecule has 142 valence electrons. The van der Waals surface area contributed by atoms with Gasteiger partial charge in [0.15, 0.2) is 0 Å². The third-order valence-corrected chi connectivity index (χ3v) is 6.12. The molecular weight excluding hydrogens is 330 g/mol. The number of pyridine rings is 1. The Bertz CT molecular complexity index is 923. The molecule has 4 rings (SSSR count). The third kappa shape index (κ3) is 3.66. The Morgan fingerprint density at radius 3 is 2.85 bits per heavy atom.